The van der Waals surface area contributed by atoms with Crippen LogP contribution in [0.4, 0.5) is 13.2 Å². The Morgan fingerprint density at radius 3 is 1.27 bits per heavy atom. The van der Waals surface area contributed by atoms with Crippen molar-refractivity contribution in [3.8, 4) is 0 Å². The van der Waals surface area contributed by atoms with E-state index < -0.39 is 41.9 Å². The summed E-state index contributed by atoms with van der Waals surface area (Å²) < 4.78 is 52.0. The van der Waals surface area contributed by atoms with Gasteiger partial charge in [0.25, 0.3) is 11.8 Å². The number of esters is 3. The third-order valence-electron chi connectivity index (χ3n) is 4.58. The van der Waals surface area contributed by atoms with Crippen LogP contribution in [0.5, 0.6) is 0 Å². The molecule has 0 atom stereocenters. The van der Waals surface area contributed by atoms with Gasteiger partial charge >= 0.3 is 30.1 Å². The Morgan fingerprint density at radius 2 is 1.02 bits per heavy atom. The van der Waals surface area contributed by atoms with Crippen molar-refractivity contribution in [3.05, 3.63) is 0 Å². The third-order valence-corrected chi connectivity index (χ3v) is 4.58. The summed E-state index contributed by atoms with van der Waals surface area (Å²) in [5.41, 5.74) is -0.570. The molecule has 0 radical (unpaired) electrons. The van der Waals surface area contributed by atoms with E-state index in [1.807, 2.05) is 27.7 Å². The highest BCUT2D eigenvalue weighted by molar-refractivity contribution is 5.83. The number of hydrogen-bond donors (Lipinski definition) is 1. The Kier molecular flexibility index (Phi) is 27.3. The monoisotopic (exact) mass is 647 g/mol. The van der Waals surface area contributed by atoms with Gasteiger partial charge < -0.3 is 29.1 Å². The average molecular weight is 648 g/mol. The van der Waals surface area contributed by atoms with Gasteiger partial charge in [-0.1, -0.05) is 13.8 Å². The number of carbonyl (C=O) groups is 7. The molecule has 0 aliphatic rings. The van der Waals surface area contributed by atoms with Crippen molar-refractivity contribution in [2.75, 3.05) is 39.4 Å². The number of aliphatic carboxylic acids is 1. The number of carboxylic acid groups (broad SMARTS) is 1. The maximum atomic E-state index is 11.6. The fourth-order valence-electron chi connectivity index (χ4n) is 2.57. The number of nitrogens with zero attached hydrogens (tertiary/aromatic N) is 2. The zero-order valence-corrected chi connectivity index (χ0v) is 26.9. The minimum atomic E-state index is -4.64. The highest BCUT2D eigenvalue weighted by Gasteiger charge is 2.25. The summed E-state index contributed by atoms with van der Waals surface area (Å²) in [5.74, 6) is -3.26. The first-order valence-corrected chi connectivity index (χ1v) is 13.8. The van der Waals surface area contributed by atoms with Gasteiger partial charge in [0.1, 0.15) is 5.60 Å². The lowest BCUT2D eigenvalue weighted by molar-refractivity contribution is -0.159. The Bertz CT molecular complexity index is 888. The second kappa shape index (κ2) is 26.9. The standard InChI is InChI=1S/C14H25NO5.C10H17NO5.C2HF3O.C2H6/c1-6-15(7-2)11(16)10-19-12(17)8-9-13(18)20-14(3,4)5;1-3-11(4-2)8(12)7-16-10(15)6-5-9(13)14;3-2(4,5)1-6;1-2/h6-10H2,1-5H3;3-7H2,1-2H3,(H,13,14);1H;1-2H3/i;;;1D. The van der Waals surface area contributed by atoms with Crippen LogP contribution in [0.25, 0.3) is 0 Å². The van der Waals surface area contributed by atoms with Crippen LogP contribution < -0.4 is 0 Å². The normalized spacial score (nSPS) is 10.4. The zero-order valence-electron chi connectivity index (χ0n) is 27.9. The lowest BCUT2D eigenvalue weighted by Gasteiger charge is -2.19. The van der Waals surface area contributed by atoms with E-state index in [0.29, 0.717) is 33.1 Å². The Balaban J connectivity index is -0.000000298. The fraction of sp³-hybridized carbons (Fsp3) is 0.750. The van der Waals surface area contributed by atoms with Gasteiger partial charge in [-0.05, 0) is 48.5 Å². The lowest BCUT2D eigenvalue weighted by Crippen LogP contribution is -2.34. The van der Waals surface area contributed by atoms with Crippen LogP contribution in [-0.2, 0) is 47.8 Å². The van der Waals surface area contributed by atoms with Crippen LogP contribution in [-0.4, -0.2) is 108 Å². The van der Waals surface area contributed by atoms with E-state index in [4.69, 9.17) is 20.7 Å². The summed E-state index contributed by atoms with van der Waals surface area (Å²) in [6.07, 6.45) is -6.32. The molecular weight excluding hydrogens is 597 g/mol. The summed E-state index contributed by atoms with van der Waals surface area (Å²) in [7, 11) is 0. The first-order valence-electron chi connectivity index (χ1n) is 14.5. The Morgan fingerprint density at radius 1 is 0.727 bits per heavy atom. The van der Waals surface area contributed by atoms with Crippen LogP contribution in [0, 0.1) is 0 Å². The highest BCUT2D eigenvalue weighted by Crippen LogP contribution is 2.09. The average Bonchev–Trinajstić information content (AvgIpc) is 2.93. The first-order chi connectivity index (χ1) is 20.7. The predicted octanol–water partition coefficient (Wildman–Crippen LogP) is 3.56. The molecule has 2 amide bonds. The number of halogens is 3. The highest BCUT2D eigenvalue weighted by atomic mass is 19.4. The molecule has 13 nitrogen and oxygen atoms in total. The number of amides is 2. The van der Waals surface area contributed by atoms with E-state index in [1.165, 1.54) is 4.90 Å². The topological polar surface area (TPSA) is 174 Å². The van der Waals surface area contributed by atoms with Crippen LogP contribution in [0.2, 0.25) is 0 Å². The van der Waals surface area contributed by atoms with E-state index in [1.54, 1.807) is 32.6 Å². The first kappa shape index (κ1) is 44.7. The summed E-state index contributed by atoms with van der Waals surface area (Å²) in [6.45, 7) is 16.6. The van der Waals surface area contributed by atoms with Crippen molar-refractivity contribution in [2.24, 2.45) is 0 Å². The van der Waals surface area contributed by atoms with E-state index in [-0.39, 0.29) is 50.7 Å². The molecule has 44 heavy (non-hydrogen) atoms. The van der Waals surface area contributed by atoms with Crippen molar-refractivity contribution in [3.63, 3.8) is 0 Å². The number of likely N-dealkylation sites (N-methyl/N-ethyl adjacent to an activating group) is 2. The van der Waals surface area contributed by atoms with Crippen LogP contribution >= 0.6 is 0 Å². The number of rotatable bonds is 14. The molecule has 0 fully saturated rings. The zero-order chi connectivity index (χ0) is 36.2. The number of carbonyl (C=O) groups excluding carboxylic acids is 6. The molecule has 0 bridgehead atoms. The van der Waals surface area contributed by atoms with Gasteiger partial charge in [-0.15, -0.1) is 0 Å². The van der Waals surface area contributed by atoms with Gasteiger partial charge in [0.15, 0.2) is 13.2 Å². The van der Waals surface area contributed by atoms with Gasteiger partial charge in [0.05, 0.1) is 25.7 Å². The molecule has 0 aromatic heterocycles. The summed E-state index contributed by atoms with van der Waals surface area (Å²) in [4.78, 5) is 78.7. The molecule has 0 saturated carbocycles. The van der Waals surface area contributed by atoms with Crippen molar-refractivity contribution in [2.45, 2.75) is 99.8 Å². The van der Waals surface area contributed by atoms with Crippen LogP contribution in [0.15, 0.2) is 0 Å². The maximum Gasteiger partial charge on any atom is 0.446 e. The van der Waals surface area contributed by atoms with E-state index >= 15 is 0 Å². The number of alkyl halides is 3. The van der Waals surface area contributed by atoms with Crippen molar-refractivity contribution in [1.82, 2.24) is 9.80 Å². The molecule has 16 heteroatoms. The third kappa shape index (κ3) is 32.8. The summed E-state index contributed by atoms with van der Waals surface area (Å²) >= 11 is 0. The molecule has 0 saturated heterocycles. The van der Waals surface area contributed by atoms with Crippen LogP contribution in [0.1, 0.15) is 89.3 Å². The molecule has 1 N–H and O–H groups in total. The van der Waals surface area contributed by atoms with Crippen molar-refractivity contribution >= 4 is 42.0 Å². The molecule has 0 aromatic carbocycles. The smallest absolute Gasteiger partial charge is 0.446 e. The Hall–Kier alpha value is -3.72. The molecule has 0 aliphatic carbocycles. The predicted molar refractivity (Wildman–Crippen MR) is 153 cm³/mol. The summed E-state index contributed by atoms with van der Waals surface area (Å²) in [5, 5.41) is 8.32. The molecule has 0 aromatic rings. The fourth-order valence-corrected chi connectivity index (χ4v) is 2.57. The van der Waals surface area contributed by atoms with Gasteiger partial charge in [-0.25, -0.2) is 0 Å². The molecule has 258 valence electrons. The largest absolute Gasteiger partial charge is 0.481 e. The number of aldehydes is 1. The molecule has 0 unspecified atom stereocenters. The van der Waals surface area contributed by atoms with Gasteiger partial charge in [0.2, 0.25) is 6.29 Å². The number of hydrogen-bond acceptors (Lipinski definition) is 10. The molecule has 0 rings (SSSR count). The van der Waals surface area contributed by atoms with Gasteiger partial charge in [-0.3, -0.25) is 33.6 Å². The minimum Gasteiger partial charge on any atom is -0.481 e. The Labute approximate surface area is 258 Å². The molecular formula is C28H49F3N2O11. The van der Waals surface area contributed by atoms with Gasteiger partial charge in [-0.2, -0.15) is 13.2 Å². The second-order valence-electron chi connectivity index (χ2n) is 9.09. The quantitative estimate of drug-likeness (QED) is 0.166. The molecule has 0 aliphatic heterocycles. The molecule has 0 spiro atoms. The van der Waals surface area contributed by atoms with Gasteiger partial charge in [0, 0.05) is 27.5 Å². The van der Waals surface area contributed by atoms with E-state index in [9.17, 15) is 41.9 Å². The number of carboxylic acids is 1. The van der Waals surface area contributed by atoms with E-state index in [0.717, 1.165) is 0 Å². The molecule has 0 heterocycles. The second-order valence-corrected chi connectivity index (χ2v) is 9.09. The van der Waals surface area contributed by atoms with Crippen LogP contribution in [0.3, 0.4) is 0 Å². The van der Waals surface area contributed by atoms with Crippen molar-refractivity contribution < 1.29 is 67.4 Å². The maximum absolute atomic E-state index is 11.6. The van der Waals surface area contributed by atoms with E-state index in [2.05, 4.69) is 4.74 Å². The number of ether oxygens (including phenoxy) is 3. The minimum absolute atomic E-state index is 0.0461. The lowest BCUT2D eigenvalue weighted by atomic mass is 10.2. The van der Waals surface area contributed by atoms with Crippen molar-refractivity contribution in [1.29, 1.82) is 0 Å². The SMILES string of the molecule is CCN(CC)C(=O)COC(=O)CCC(=O)O.CCN(CC)C(=O)COC(=O)CCC(=O)OC(C)(C)C.O=CC(F)(F)F.[2H]CC. The summed E-state index contributed by atoms with van der Waals surface area (Å²) in [6, 6.07) is 0.